The molecule has 0 aliphatic carbocycles. The van der Waals surface area contributed by atoms with Crippen LogP contribution in [0.15, 0.2) is 22.8 Å². The Labute approximate surface area is 108 Å². The molecule has 2 rings (SSSR count). The number of hydrogen-bond donors (Lipinski definition) is 1. The minimum absolute atomic E-state index is 0.252. The number of rotatable bonds is 5. The number of hydrogen-bond acceptors (Lipinski definition) is 4. The minimum Gasteiger partial charge on any atom is -0.377 e. The summed E-state index contributed by atoms with van der Waals surface area (Å²) < 4.78 is 8.13. The predicted molar refractivity (Wildman–Crippen MR) is 70.3 cm³/mol. The molecule has 0 atom stereocenters. The molecular formula is C11H15BrN4O. The molecule has 0 fully saturated rings. The van der Waals surface area contributed by atoms with Gasteiger partial charge in [-0.3, -0.25) is 0 Å². The van der Waals surface area contributed by atoms with E-state index in [1.165, 1.54) is 0 Å². The van der Waals surface area contributed by atoms with Gasteiger partial charge in [-0.05, 0) is 41.9 Å². The van der Waals surface area contributed by atoms with Crippen LogP contribution >= 0.6 is 15.9 Å². The van der Waals surface area contributed by atoms with E-state index in [-0.39, 0.29) is 6.10 Å². The molecule has 2 aromatic rings. The van der Waals surface area contributed by atoms with Gasteiger partial charge >= 0.3 is 0 Å². The van der Waals surface area contributed by atoms with Crippen molar-refractivity contribution in [2.24, 2.45) is 0 Å². The van der Waals surface area contributed by atoms with Gasteiger partial charge in [-0.25, -0.2) is 4.52 Å². The van der Waals surface area contributed by atoms with Gasteiger partial charge in [0.25, 0.3) is 0 Å². The van der Waals surface area contributed by atoms with Crippen molar-refractivity contribution in [1.82, 2.24) is 14.6 Å². The third-order valence-corrected chi connectivity index (χ3v) is 2.60. The van der Waals surface area contributed by atoms with E-state index in [2.05, 4.69) is 31.3 Å². The third-order valence-electron chi connectivity index (χ3n) is 2.13. The predicted octanol–water partition coefficient (Wildman–Crippen LogP) is 2.33. The summed E-state index contributed by atoms with van der Waals surface area (Å²) in [5.74, 6) is 0.621. The summed E-state index contributed by atoms with van der Waals surface area (Å²) in [4.78, 5) is 4.33. The Morgan fingerprint density at radius 1 is 1.47 bits per heavy atom. The van der Waals surface area contributed by atoms with Crippen LogP contribution in [0.2, 0.25) is 0 Å². The van der Waals surface area contributed by atoms with E-state index in [0.29, 0.717) is 19.1 Å². The molecule has 2 heterocycles. The molecule has 1 N–H and O–H groups in total. The number of nitrogens with one attached hydrogen (secondary N) is 1. The molecule has 0 aliphatic heterocycles. The number of pyridine rings is 1. The van der Waals surface area contributed by atoms with Gasteiger partial charge in [0.1, 0.15) is 0 Å². The fourth-order valence-corrected chi connectivity index (χ4v) is 1.72. The fourth-order valence-electron chi connectivity index (χ4n) is 1.39. The average molecular weight is 299 g/mol. The standard InChI is InChI=1S/C11H15BrN4O/c1-8(2)17-6-5-13-11-14-10-4-3-9(12)7-16(10)15-11/h3-4,7-8H,5-6H2,1-2H3,(H,13,15). The molecule has 92 valence electrons. The fraction of sp³-hybridized carbons (Fsp3) is 0.455. The van der Waals surface area contributed by atoms with E-state index in [1.807, 2.05) is 32.2 Å². The number of halogens is 1. The normalized spacial score (nSPS) is 11.3. The maximum absolute atomic E-state index is 5.42. The second-order valence-electron chi connectivity index (χ2n) is 3.93. The molecule has 0 aromatic carbocycles. The van der Waals surface area contributed by atoms with Crippen LogP contribution in [0.4, 0.5) is 5.95 Å². The highest BCUT2D eigenvalue weighted by Gasteiger charge is 2.02. The summed E-state index contributed by atoms with van der Waals surface area (Å²) in [6.45, 7) is 5.38. The van der Waals surface area contributed by atoms with Crippen LogP contribution in [0.25, 0.3) is 5.65 Å². The van der Waals surface area contributed by atoms with E-state index < -0.39 is 0 Å². The molecule has 0 amide bonds. The summed E-state index contributed by atoms with van der Waals surface area (Å²) in [6, 6.07) is 3.85. The number of ether oxygens (including phenoxy) is 1. The zero-order valence-electron chi connectivity index (χ0n) is 9.85. The van der Waals surface area contributed by atoms with E-state index in [9.17, 15) is 0 Å². The number of aromatic nitrogens is 3. The summed E-state index contributed by atoms with van der Waals surface area (Å²) in [5, 5.41) is 7.42. The Morgan fingerprint density at radius 3 is 3.06 bits per heavy atom. The molecule has 0 aliphatic rings. The zero-order valence-corrected chi connectivity index (χ0v) is 11.4. The van der Waals surface area contributed by atoms with Crippen molar-refractivity contribution in [2.75, 3.05) is 18.5 Å². The molecule has 0 radical (unpaired) electrons. The quantitative estimate of drug-likeness (QED) is 0.861. The summed E-state index contributed by atoms with van der Waals surface area (Å²) in [7, 11) is 0. The Hall–Kier alpha value is -1.14. The summed E-state index contributed by atoms with van der Waals surface area (Å²) >= 11 is 3.39. The molecule has 0 spiro atoms. The topological polar surface area (TPSA) is 51.5 Å². The number of nitrogens with zero attached hydrogens (tertiary/aromatic N) is 3. The highest BCUT2D eigenvalue weighted by Crippen LogP contribution is 2.11. The molecule has 2 aromatic heterocycles. The van der Waals surface area contributed by atoms with Crippen molar-refractivity contribution < 1.29 is 4.74 Å². The van der Waals surface area contributed by atoms with Crippen LogP contribution in [-0.4, -0.2) is 33.9 Å². The van der Waals surface area contributed by atoms with Crippen LogP contribution in [0.1, 0.15) is 13.8 Å². The highest BCUT2D eigenvalue weighted by atomic mass is 79.9. The van der Waals surface area contributed by atoms with Crippen molar-refractivity contribution in [1.29, 1.82) is 0 Å². The Balaban J connectivity index is 1.95. The molecule has 5 nitrogen and oxygen atoms in total. The molecule has 0 saturated heterocycles. The molecule has 0 unspecified atom stereocenters. The monoisotopic (exact) mass is 298 g/mol. The second-order valence-corrected chi connectivity index (χ2v) is 4.85. The first-order valence-corrected chi connectivity index (χ1v) is 6.32. The largest absolute Gasteiger partial charge is 0.377 e. The van der Waals surface area contributed by atoms with Crippen LogP contribution in [0, 0.1) is 0 Å². The average Bonchev–Trinajstić information content (AvgIpc) is 2.66. The Kier molecular flexibility index (Phi) is 3.96. The van der Waals surface area contributed by atoms with Gasteiger partial charge in [-0.2, -0.15) is 4.98 Å². The first-order valence-electron chi connectivity index (χ1n) is 5.52. The SMILES string of the molecule is CC(C)OCCNc1nc2ccc(Br)cn2n1. The molecule has 6 heteroatoms. The van der Waals surface area contributed by atoms with Gasteiger partial charge in [0.15, 0.2) is 5.65 Å². The molecule has 0 bridgehead atoms. The minimum atomic E-state index is 0.252. The van der Waals surface area contributed by atoms with E-state index in [0.717, 1.165) is 10.1 Å². The van der Waals surface area contributed by atoms with E-state index in [1.54, 1.807) is 4.52 Å². The summed E-state index contributed by atoms with van der Waals surface area (Å²) in [6.07, 6.45) is 2.12. The smallest absolute Gasteiger partial charge is 0.243 e. The highest BCUT2D eigenvalue weighted by molar-refractivity contribution is 9.10. The first kappa shape index (κ1) is 12.3. The van der Waals surface area contributed by atoms with Crippen molar-refractivity contribution >= 4 is 27.5 Å². The van der Waals surface area contributed by atoms with Gasteiger partial charge < -0.3 is 10.1 Å². The van der Waals surface area contributed by atoms with Crippen molar-refractivity contribution in [2.45, 2.75) is 20.0 Å². The van der Waals surface area contributed by atoms with Gasteiger partial charge in [0.2, 0.25) is 5.95 Å². The lowest BCUT2D eigenvalue weighted by atomic mass is 10.5. The van der Waals surface area contributed by atoms with Crippen molar-refractivity contribution in [3.05, 3.63) is 22.8 Å². The lowest BCUT2D eigenvalue weighted by molar-refractivity contribution is 0.0870. The van der Waals surface area contributed by atoms with Crippen LogP contribution in [0.3, 0.4) is 0 Å². The van der Waals surface area contributed by atoms with E-state index >= 15 is 0 Å². The van der Waals surface area contributed by atoms with Crippen molar-refractivity contribution in [3.63, 3.8) is 0 Å². The Bertz CT molecular complexity index is 497. The van der Waals surface area contributed by atoms with Gasteiger partial charge in [0, 0.05) is 17.2 Å². The van der Waals surface area contributed by atoms with Gasteiger partial charge in [0.05, 0.1) is 12.7 Å². The van der Waals surface area contributed by atoms with E-state index in [4.69, 9.17) is 4.74 Å². The Morgan fingerprint density at radius 2 is 2.29 bits per heavy atom. The first-order chi connectivity index (χ1) is 8.15. The van der Waals surface area contributed by atoms with Crippen LogP contribution < -0.4 is 5.32 Å². The van der Waals surface area contributed by atoms with Crippen LogP contribution in [-0.2, 0) is 4.74 Å². The number of fused-ring (bicyclic) bond motifs is 1. The second kappa shape index (κ2) is 5.46. The summed E-state index contributed by atoms with van der Waals surface area (Å²) in [5.41, 5.74) is 0.820. The van der Waals surface area contributed by atoms with Gasteiger partial charge in [-0.1, -0.05) is 0 Å². The molecular weight excluding hydrogens is 284 g/mol. The lowest BCUT2D eigenvalue weighted by Crippen LogP contribution is -2.13. The maximum Gasteiger partial charge on any atom is 0.243 e. The zero-order chi connectivity index (χ0) is 12.3. The number of anilines is 1. The molecule has 0 saturated carbocycles. The van der Waals surface area contributed by atoms with Gasteiger partial charge in [-0.15, -0.1) is 5.10 Å². The lowest BCUT2D eigenvalue weighted by Gasteiger charge is -2.06. The van der Waals surface area contributed by atoms with Crippen LogP contribution in [0.5, 0.6) is 0 Å². The third kappa shape index (κ3) is 3.41. The molecule has 17 heavy (non-hydrogen) atoms. The van der Waals surface area contributed by atoms with Crippen molar-refractivity contribution in [3.8, 4) is 0 Å². The maximum atomic E-state index is 5.42.